The Labute approximate surface area is 129 Å². The number of aromatic nitrogens is 2. The van der Waals surface area contributed by atoms with Gasteiger partial charge in [-0.3, -0.25) is 0 Å². The summed E-state index contributed by atoms with van der Waals surface area (Å²) in [5.74, 6) is 0.890. The molecule has 21 heavy (non-hydrogen) atoms. The normalized spacial score (nSPS) is 10.0. The average molecular weight is 284 g/mol. The third kappa shape index (κ3) is 6.07. The molecule has 0 spiro atoms. The smallest absolute Gasteiger partial charge is 0.125 e. The van der Waals surface area contributed by atoms with Crippen LogP contribution in [0.3, 0.4) is 0 Å². The van der Waals surface area contributed by atoms with E-state index in [1.807, 2.05) is 6.92 Å². The maximum atomic E-state index is 4.29. The largest absolute Gasteiger partial charge is 0.238 e. The fraction of sp³-hybridized carbons (Fsp3) is 0.474. The van der Waals surface area contributed by atoms with Crippen LogP contribution >= 0.6 is 0 Å². The van der Waals surface area contributed by atoms with Gasteiger partial charge in [-0.25, -0.2) is 9.97 Å². The molecule has 0 aliphatic heterocycles. The Morgan fingerprint density at radius 3 is 1.52 bits per heavy atom. The van der Waals surface area contributed by atoms with E-state index < -0.39 is 0 Å². The maximum absolute atomic E-state index is 4.29. The van der Waals surface area contributed by atoms with Gasteiger partial charge in [-0.15, -0.1) is 0 Å². The monoisotopic (exact) mass is 284 g/mol. The van der Waals surface area contributed by atoms with Crippen molar-refractivity contribution in [1.29, 1.82) is 0 Å². The van der Waals surface area contributed by atoms with Crippen LogP contribution in [0.1, 0.15) is 54.7 Å². The first kappa shape index (κ1) is 17.4. The molecule has 0 unspecified atom stereocenters. The van der Waals surface area contributed by atoms with E-state index in [2.05, 4.69) is 68.9 Å². The number of nitrogens with zero attached hydrogens (tertiary/aromatic N) is 2. The number of benzene rings is 1. The molecule has 1 aromatic carbocycles. The fourth-order valence-electron chi connectivity index (χ4n) is 2.33. The second kappa shape index (κ2) is 8.56. The van der Waals surface area contributed by atoms with E-state index in [1.54, 1.807) is 0 Å². The van der Waals surface area contributed by atoms with E-state index in [-0.39, 0.29) is 0 Å². The topological polar surface area (TPSA) is 25.8 Å². The van der Waals surface area contributed by atoms with Gasteiger partial charge < -0.3 is 0 Å². The molecule has 0 saturated carbocycles. The van der Waals surface area contributed by atoms with Crippen LogP contribution < -0.4 is 0 Å². The van der Waals surface area contributed by atoms with Crippen molar-refractivity contribution in [2.24, 2.45) is 0 Å². The van der Waals surface area contributed by atoms with E-state index in [1.165, 1.54) is 16.7 Å². The zero-order valence-corrected chi connectivity index (χ0v) is 14.3. The van der Waals surface area contributed by atoms with Crippen LogP contribution in [-0.2, 0) is 19.3 Å². The molecule has 0 aliphatic rings. The summed E-state index contributed by atoms with van der Waals surface area (Å²) in [7, 11) is 0. The molecule has 0 fully saturated rings. The van der Waals surface area contributed by atoms with Gasteiger partial charge in [-0.1, -0.05) is 50.1 Å². The quantitative estimate of drug-likeness (QED) is 0.811. The van der Waals surface area contributed by atoms with Crippen molar-refractivity contribution < 1.29 is 0 Å². The molecule has 114 valence electrons. The van der Waals surface area contributed by atoms with Crippen molar-refractivity contribution >= 4 is 0 Å². The molecule has 2 aromatic rings. The molecule has 0 amide bonds. The summed E-state index contributed by atoms with van der Waals surface area (Å²) in [6.07, 6.45) is 3.13. The van der Waals surface area contributed by atoms with Crippen LogP contribution in [0.5, 0.6) is 0 Å². The van der Waals surface area contributed by atoms with Gasteiger partial charge >= 0.3 is 0 Å². The van der Waals surface area contributed by atoms with Crippen molar-refractivity contribution in [3.05, 3.63) is 58.2 Å². The molecule has 0 atom stereocenters. The summed E-state index contributed by atoms with van der Waals surface area (Å²) in [6.45, 7) is 12.6. The van der Waals surface area contributed by atoms with Crippen molar-refractivity contribution in [1.82, 2.24) is 9.97 Å². The molecule has 0 N–H and O–H groups in total. The predicted octanol–water partition coefficient (Wildman–Crippen LogP) is 4.78. The summed E-state index contributed by atoms with van der Waals surface area (Å²) in [4.78, 5) is 8.58. The van der Waals surface area contributed by atoms with Crippen LogP contribution in [0, 0.1) is 20.8 Å². The van der Waals surface area contributed by atoms with Gasteiger partial charge in [-0.2, -0.15) is 0 Å². The number of aryl methyl sites for hydroxylation is 6. The summed E-state index contributed by atoms with van der Waals surface area (Å²) in [5, 5.41) is 0. The Balaban J connectivity index is 0.000000211. The second-order valence-electron chi connectivity index (χ2n) is 5.45. The van der Waals surface area contributed by atoms with Crippen molar-refractivity contribution in [3.63, 3.8) is 0 Å². The lowest BCUT2D eigenvalue weighted by Crippen LogP contribution is -1.98. The number of hydrogen-bond acceptors (Lipinski definition) is 2. The van der Waals surface area contributed by atoms with Crippen molar-refractivity contribution in [3.8, 4) is 0 Å². The fourth-order valence-corrected chi connectivity index (χ4v) is 2.33. The molecule has 1 aromatic heterocycles. The van der Waals surface area contributed by atoms with Gasteiger partial charge in [-0.05, 0) is 51.7 Å². The van der Waals surface area contributed by atoms with Gasteiger partial charge in [0, 0.05) is 11.4 Å². The molecule has 0 saturated heterocycles. The van der Waals surface area contributed by atoms with Gasteiger partial charge in [0.15, 0.2) is 0 Å². The highest BCUT2D eigenvalue weighted by atomic mass is 14.9. The lowest BCUT2D eigenvalue weighted by Gasteiger charge is -2.00. The minimum atomic E-state index is 0.890. The SMILES string of the molecule is CCc1cc(C)cc(C)c1.CCc1cc(CC)nc(C)n1. The van der Waals surface area contributed by atoms with E-state index in [9.17, 15) is 0 Å². The Morgan fingerprint density at radius 2 is 1.14 bits per heavy atom. The molecular weight excluding hydrogens is 256 g/mol. The van der Waals surface area contributed by atoms with Crippen LogP contribution in [0.2, 0.25) is 0 Å². The summed E-state index contributed by atoms with van der Waals surface area (Å²) < 4.78 is 0. The lowest BCUT2D eigenvalue weighted by atomic mass is 10.1. The van der Waals surface area contributed by atoms with Crippen molar-refractivity contribution in [2.75, 3.05) is 0 Å². The highest BCUT2D eigenvalue weighted by Gasteiger charge is 1.97. The minimum Gasteiger partial charge on any atom is -0.238 e. The highest BCUT2D eigenvalue weighted by Crippen LogP contribution is 2.08. The highest BCUT2D eigenvalue weighted by molar-refractivity contribution is 5.28. The molecule has 2 nitrogen and oxygen atoms in total. The number of rotatable bonds is 3. The zero-order valence-electron chi connectivity index (χ0n) is 14.3. The van der Waals surface area contributed by atoms with Crippen molar-refractivity contribution in [2.45, 2.75) is 60.8 Å². The third-order valence-electron chi connectivity index (χ3n) is 3.36. The Morgan fingerprint density at radius 1 is 0.667 bits per heavy atom. The first-order valence-electron chi connectivity index (χ1n) is 7.89. The molecule has 2 rings (SSSR count). The lowest BCUT2D eigenvalue weighted by molar-refractivity contribution is 0.894. The first-order valence-corrected chi connectivity index (χ1v) is 7.89. The summed E-state index contributed by atoms with van der Waals surface area (Å²) in [5.41, 5.74) is 6.48. The summed E-state index contributed by atoms with van der Waals surface area (Å²) in [6, 6.07) is 8.77. The van der Waals surface area contributed by atoms with Crippen LogP contribution in [0.15, 0.2) is 24.3 Å². The van der Waals surface area contributed by atoms with E-state index in [0.717, 1.165) is 36.5 Å². The molecule has 0 aliphatic carbocycles. The Bertz CT molecular complexity index is 531. The minimum absolute atomic E-state index is 0.890. The summed E-state index contributed by atoms with van der Waals surface area (Å²) >= 11 is 0. The standard InChI is InChI=1S/C10H14.C9H14N2/c1-4-10-6-8(2)5-9(3)7-10;1-4-8-6-9(5-2)11-7(3)10-8/h5-7H,4H2,1-3H3;6H,4-5H2,1-3H3. The van der Waals surface area contributed by atoms with Gasteiger partial charge in [0.2, 0.25) is 0 Å². The molecule has 0 bridgehead atoms. The van der Waals surface area contributed by atoms with Crippen LogP contribution in [0.25, 0.3) is 0 Å². The van der Waals surface area contributed by atoms with E-state index in [0.29, 0.717) is 0 Å². The van der Waals surface area contributed by atoms with E-state index >= 15 is 0 Å². The van der Waals surface area contributed by atoms with E-state index in [4.69, 9.17) is 0 Å². The van der Waals surface area contributed by atoms with Crippen LogP contribution in [0.4, 0.5) is 0 Å². The number of hydrogen-bond donors (Lipinski definition) is 0. The molecule has 2 heteroatoms. The average Bonchev–Trinajstić information content (AvgIpc) is 2.46. The maximum Gasteiger partial charge on any atom is 0.125 e. The molecule has 0 radical (unpaired) electrons. The predicted molar refractivity (Wildman–Crippen MR) is 90.8 cm³/mol. The molecular formula is C19H28N2. The Kier molecular flexibility index (Phi) is 7.07. The Hall–Kier alpha value is -1.70. The third-order valence-corrected chi connectivity index (χ3v) is 3.36. The molecule has 1 heterocycles. The first-order chi connectivity index (χ1) is 9.98. The van der Waals surface area contributed by atoms with Gasteiger partial charge in [0.25, 0.3) is 0 Å². The van der Waals surface area contributed by atoms with Gasteiger partial charge in [0.05, 0.1) is 0 Å². The zero-order chi connectivity index (χ0) is 15.8. The van der Waals surface area contributed by atoms with Gasteiger partial charge in [0.1, 0.15) is 5.82 Å². The second-order valence-corrected chi connectivity index (χ2v) is 5.45. The van der Waals surface area contributed by atoms with Crippen LogP contribution in [-0.4, -0.2) is 9.97 Å².